The van der Waals surface area contributed by atoms with Crippen LogP contribution in [0.15, 0.2) is 0 Å². The van der Waals surface area contributed by atoms with Gasteiger partial charge in [-0.05, 0) is 0 Å². The van der Waals surface area contributed by atoms with Crippen molar-refractivity contribution in [3.63, 3.8) is 0 Å². The van der Waals surface area contributed by atoms with Gasteiger partial charge in [-0.2, -0.15) is 0 Å². The second-order valence-electron chi connectivity index (χ2n) is 0. The van der Waals surface area contributed by atoms with E-state index in [4.69, 9.17) is 4.46 Å². The van der Waals surface area contributed by atoms with Gasteiger partial charge in [0.1, 0.15) is 0 Å². The maximum atomic E-state index is 8.06. The van der Waals surface area contributed by atoms with Crippen molar-refractivity contribution in [2.75, 3.05) is 0 Å². The Kier molecular flexibility index (Phi) is 107. The van der Waals surface area contributed by atoms with Crippen molar-refractivity contribution in [2.45, 2.75) is 0 Å². The minimum Gasteiger partial charge on any atom is -0.381 e. The van der Waals surface area contributed by atoms with Crippen molar-refractivity contribution in [1.82, 2.24) is 0 Å². The zero-order valence-electron chi connectivity index (χ0n) is 2.06. The van der Waals surface area contributed by atoms with Gasteiger partial charge in [0, 0.05) is 45.6 Å². The molecule has 0 N–H and O–H groups in total. The Hall–Kier alpha value is 1.52. The molecule has 0 atom stereocenters. The molecule has 0 saturated heterocycles. The minimum atomic E-state index is 0. The van der Waals surface area contributed by atoms with Gasteiger partial charge in [0.25, 0.3) is 0 Å². The molecule has 0 fully saturated rings. The zero-order chi connectivity index (χ0) is 2.00. The van der Waals surface area contributed by atoms with E-state index in [0.717, 1.165) is 0 Å². The third-order valence-electron chi connectivity index (χ3n) is 0. The molecular formula is GaInOSi. The summed E-state index contributed by atoms with van der Waals surface area (Å²) in [5.41, 5.74) is 0. The molecule has 0 aliphatic heterocycles. The van der Waals surface area contributed by atoms with Crippen molar-refractivity contribution < 1.29 is 4.46 Å². The van der Waals surface area contributed by atoms with Crippen molar-refractivity contribution in [2.24, 2.45) is 0 Å². The first-order valence-corrected chi connectivity index (χ1v) is 0.612. The van der Waals surface area contributed by atoms with Crippen LogP contribution in [0, 0.1) is 0 Å². The van der Waals surface area contributed by atoms with Crippen molar-refractivity contribution in [1.29, 1.82) is 0 Å². The molecule has 0 amide bonds. The Bertz CT molecular complexity index is 8.00. The van der Waals surface area contributed by atoms with E-state index in [0.29, 0.717) is 0 Å². The fourth-order valence-corrected chi connectivity index (χ4v) is 0. The fraction of sp³-hybridized carbons (Fsp3) is 0. The van der Waals surface area contributed by atoms with Gasteiger partial charge in [-0.1, -0.05) is 0 Å². The van der Waals surface area contributed by atoms with Crippen LogP contribution in [0.25, 0.3) is 0 Å². The molecule has 0 aromatic heterocycles. The summed E-state index contributed by atoms with van der Waals surface area (Å²) in [6.45, 7) is 0. The Labute approximate surface area is 59.9 Å². The second kappa shape index (κ2) is 24.2. The molecule has 0 saturated carbocycles. The van der Waals surface area contributed by atoms with E-state index in [-0.39, 0.29) is 45.6 Å². The monoisotopic (exact) mass is 228 g/mol. The van der Waals surface area contributed by atoms with E-state index < -0.39 is 0 Å². The molecule has 0 heterocycles. The molecule has 0 unspecified atom stereocenters. The van der Waals surface area contributed by atoms with E-state index in [1.54, 1.807) is 10.1 Å². The zero-order valence-corrected chi connectivity index (χ0v) is 8.78. The molecule has 1 nitrogen and oxygen atoms in total. The maximum absolute atomic E-state index is 8.06. The quantitative estimate of drug-likeness (QED) is 0.473. The molecule has 0 aromatic carbocycles. The average Bonchev–Trinajstić information content (AvgIpc) is 1.00. The Morgan fingerprint density at radius 3 is 1.25 bits per heavy atom. The summed E-state index contributed by atoms with van der Waals surface area (Å²) in [6.07, 6.45) is 0. The summed E-state index contributed by atoms with van der Waals surface area (Å²) in [6, 6.07) is 0. The molecular weight excluding hydrogens is 229 g/mol. The van der Waals surface area contributed by atoms with E-state index >= 15 is 0 Å². The van der Waals surface area contributed by atoms with Crippen LogP contribution in [-0.2, 0) is 4.46 Å². The smallest absolute Gasteiger partial charge is 0.381 e. The second-order valence-corrected chi connectivity index (χ2v) is 0. The first kappa shape index (κ1) is 17.7. The number of hydrogen-bond donors (Lipinski definition) is 0. The normalized spacial score (nSPS) is 1.00. The third-order valence-corrected chi connectivity index (χ3v) is 0. The summed E-state index contributed by atoms with van der Waals surface area (Å²) in [5, 5.41) is 0. The average molecular weight is 229 g/mol. The molecule has 0 bridgehead atoms. The molecule has 0 spiro atoms. The maximum Gasteiger partial charge on any atom is 0.381 e. The molecule has 0 aliphatic carbocycles. The van der Waals surface area contributed by atoms with Crippen LogP contribution in [0.5, 0.6) is 0 Å². The molecule has 0 aliphatic rings. The molecule has 4 heavy (non-hydrogen) atoms. The number of rotatable bonds is 0. The van der Waals surface area contributed by atoms with Gasteiger partial charge in [0.05, 0.1) is 0 Å². The van der Waals surface area contributed by atoms with Gasteiger partial charge in [0.15, 0.2) is 0 Å². The van der Waals surface area contributed by atoms with Crippen molar-refractivity contribution in [3.05, 3.63) is 0 Å². The predicted molar refractivity (Wildman–Crippen MR) is 17.9 cm³/mol. The Morgan fingerprint density at radius 1 is 1.25 bits per heavy atom. The van der Waals surface area contributed by atoms with Crippen molar-refractivity contribution >= 4 is 55.8 Å². The number of hydrogen-bond acceptors (Lipinski definition) is 1. The predicted octanol–water partition coefficient (Wildman–Crippen LogP) is -1.26. The Morgan fingerprint density at radius 2 is 1.25 bits per heavy atom. The molecule has 0 rings (SSSR count). The van der Waals surface area contributed by atoms with Crippen LogP contribution in [0.2, 0.25) is 0 Å². The summed E-state index contributed by atoms with van der Waals surface area (Å²) < 4.78 is 8.06. The minimum absolute atomic E-state index is 0. The summed E-state index contributed by atoms with van der Waals surface area (Å²) in [5.74, 6) is 0. The molecule has 4 heteroatoms. The van der Waals surface area contributed by atoms with Crippen LogP contribution >= 0.6 is 0 Å². The van der Waals surface area contributed by atoms with Gasteiger partial charge >= 0.3 is 10.1 Å². The standard InChI is InChI=1S/Ga.In.OSi/c;;1-2. The first-order valence-electron chi connectivity index (χ1n) is 0.204. The van der Waals surface area contributed by atoms with Crippen LogP contribution in [0.4, 0.5) is 0 Å². The van der Waals surface area contributed by atoms with Crippen LogP contribution < -0.4 is 0 Å². The van der Waals surface area contributed by atoms with Gasteiger partial charge < -0.3 is 4.46 Å². The van der Waals surface area contributed by atoms with E-state index in [1.165, 1.54) is 0 Å². The summed E-state index contributed by atoms with van der Waals surface area (Å²) in [7, 11) is 1.72. The first-order chi connectivity index (χ1) is 1.00. The van der Waals surface area contributed by atoms with Gasteiger partial charge in [-0.3, -0.25) is 0 Å². The van der Waals surface area contributed by atoms with Crippen molar-refractivity contribution in [3.8, 4) is 0 Å². The van der Waals surface area contributed by atoms with E-state index in [1.807, 2.05) is 0 Å². The molecule has 8 radical (unpaired) electrons. The SMILES string of the molecule is O=[Si].[Ga].[In]. The molecule has 0 aromatic rings. The van der Waals surface area contributed by atoms with Crippen LogP contribution in [-0.4, -0.2) is 55.8 Å². The van der Waals surface area contributed by atoms with Gasteiger partial charge in [0.2, 0.25) is 0 Å². The van der Waals surface area contributed by atoms with Gasteiger partial charge in [-0.25, -0.2) is 0 Å². The van der Waals surface area contributed by atoms with Crippen LogP contribution in [0.1, 0.15) is 0 Å². The Balaban J connectivity index is -0.00000000500. The largest absolute Gasteiger partial charge is 0.381 e. The third kappa shape index (κ3) is 9.67. The fourth-order valence-electron chi connectivity index (χ4n) is 0. The summed E-state index contributed by atoms with van der Waals surface area (Å²) in [4.78, 5) is 0. The topological polar surface area (TPSA) is 17.1 Å². The van der Waals surface area contributed by atoms with E-state index in [9.17, 15) is 0 Å². The molecule has 16 valence electrons. The summed E-state index contributed by atoms with van der Waals surface area (Å²) >= 11 is 0. The van der Waals surface area contributed by atoms with Crippen LogP contribution in [0.3, 0.4) is 0 Å². The van der Waals surface area contributed by atoms with E-state index in [2.05, 4.69) is 0 Å². The van der Waals surface area contributed by atoms with Gasteiger partial charge in [-0.15, -0.1) is 0 Å².